The van der Waals surface area contributed by atoms with Gasteiger partial charge in [-0.15, -0.1) is 0 Å². The van der Waals surface area contributed by atoms with Crippen molar-refractivity contribution in [1.29, 1.82) is 0 Å². The molecule has 6 nitrogen and oxygen atoms in total. The molecule has 0 amide bonds. The fourth-order valence-corrected chi connectivity index (χ4v) is 3.25. The van der Waals surface area contributed by atoms with Gasteiger partial charge in [0.2, 0.25) is 11.2 Å². The quantitative estimate of drug-likeness (QED) is 0.766. The van der Waals surface area contributed by atoms with Crippen LogP contribution in [0.25, 0.3) is 22.3 Å². The van der Waals surface area contributed by atoms with Gasteiger partial charge in [-0.2, -0.15) is 0 Å². The van der Waals surface area contributed by atoms with E-state index in [1.807, 2.05) is 0 Å². The maximum absolute atomic E-state index is 12.9. The molecule has 0 fully saturated rings. The van der Waals surface area contributed by atoms with Crippen LogP contribution in [0.1, 0.15) is 11.1 Å². The van der Waals surface area contributed by atoms with Gasteiger partial charge in [-0.3, -0.25) is 4.79 Å². The van der Waals surface area contributed by atoms with Crippen LogP contribution in [0, 0.1) is 13.8 Å². The average Bonchev–Trinajstić information content (AvgIpc) is 2.65. The molecule has 26 heavy (non-hydrogen) atoms. The first-order chi connectivity index (χ1) is 12.5. The highest BCUT2D eigenvalue weighted by atomic mass is 16.5. The molecular formula is C20H20O6. The number of rotatable bonds is 4. The van der Waals surface area contributed by atoms with Crippen molar-refractivity contribution in [3.8, 4) is 34.3 Å². The van der Waals surface area contributed by atoms with Gasteiger partial charge in [-0.1, -0.05) is 12.1 Å². The molecule has 0 saturated carbocycles. The lowest BCUT2D eigenvalue weighted by atomic mass is 10.0. The number of methoxy groups -OCH3 is 3. The van der Waals surface area contributed by atoms with Gasteiger partial charge >= 0.3 is 0 Å². The molecule has 3 aromatic rings. The smallest absolute Gasteiger partial charge is 0.238 e. The van der Waals surface area contributed by atoms with Crippen LogP contribution in [-0.4, -0.2) is 26.4 Å². The van der Waals surface area contributed by atoms with Crippen molar-refractivity contribution in [2.75, 3.05) is 21.3 Å². The fraction of sp³-hybridized carbons (Fsp3) is 0.250. The summed E-state index contributed by atoms with van der Waals surface area (Å²) in [5, 5.41) is 10.7. The van der Waals surface area contributed by atoms with Crippen molar-refractivity contribution < 1.29 is 23.7 Å². The molecule has 0 bridgehead atoms. The predicted octanol–water partition coefficient (Wildman–Crippen LogP) is 3.81. The second kappa shape index (κ2) is 6.63. The van der Waals surface area contributed by atoms with Gasteiger partial charge in [0.25, 0.3) is 0 Å². The molecule has 6 heteroatoms. The topological polar surface area (TPSA) is 78.1 Å². The normalized spacial score (nSPS) is 10.8. The molecule has 2 aromatic carbocycles. The Labute approximate surface area is 150 Å². The van der Waals surface area contributed by atoms with E-state index in [1.165, 1.54) is 14.2 Å². The summed E-state index contributed by atoms with van der Waals surface area (Å²) in [4.78, 5) is 12.9. The van der Waals surface area contributed by atoms with Crippen LogP contribution in [-0.2, 0) is 0 Å². The number of para-hydroxylation sites is 1. The lowest BCUT2D eigenvalue weighted by molar-refractivity contribution is 0.387. The molecule has 0 aliphatic carbocycles. The maximum Gasteiger partial charge on any atom is 0.238 e. The van der Waals surface area contributed by atoms with Crippen molar-refractivity contribution >= 4 is 11.0 Å². The molecule has 0 spiro atoms. The summed E-state index contributed by atoms with van der Waals surface area (Å²) in [5.41, 5.74) is 1.51. The number of aromatic hydroxyl groups is 1. The molecule has 0 aliphatic heterocycles. The van der Waals surface area contributed by atoms with Gasteiger partial charge in [-0.25, -0.2) is 0 Å². The van der Waals surface area contributed by atoms with E-state index in [9.17, 15) is 9.90 Å². The molecule has 0 radical (unpaired) electrons. The second-order valence-electron chi connectivity index (χ2n) is 5.83. The van der Waals surface area contributed by atoms with Crippen molar-refractivity contribution in [2.24, 2.45) is 0 Å². The number of hydrogen-bond donors (Lipinski definition) is 1. The zero-order chi connectivity index (χ0) is 19.0. The van der Waals surface area contributed by atoms with Gasteiger partial charge in [0.1, 0.15) is 28.2 Å². The molecule has 0 aliphatic rings. The highest BCUT2D eigenvalue weighted by Gasteiger charge is 2.25. The minimum atomic E-state index is -0.571. The molecule has 0 atom stereocenters. The highest BCUT2D eigenvalue weighted by Crippen LogP contribution is 2.43. The summed E-state index contributed by atoms with van der Waals surface area (Å²) in [7, 11) is 4.51. The zero-order valence-corrected chi connectivity index (χ0v) is 15.3. The van der Waals surface area contributed by atoms with Gasteiger partial charge < -0.3 is 23.7 Å². The van der Waals surface area contributed by atoms with Crippen LogP contribution >= 0.6 is 0 Å². The number of benzene rings is 2. The third-order valence-corrected chi connectivity index (χ3v) is 4.44. The molecule has 1 heterocycles. The molecule has 0 unspecified atom stereocenters. The van der Waals surface area contributed by atoms with Crippen LogP contribution in [0.5, 0.6) is 23.0 Å². The van der Waals surface area contributed by atoms with Crippen LogP contribution < -0.4 is 19.6 Å². The van der Waals surface area contributed by atoms with Crippen LogP contribution in [0.4, 0.5) is 0 Å². The Bertz CT molecular complexity index is 1050. The zero-order valence-electron chi connectivity index (χ0n) is 15.3. The van der Waals surface area contributed by atoms with Gasteiger partial charge in [0.15, 0.2) is 5.76 Å². The van der Waals surface area contributed by atoms with Gasteiger partial charge in [0, 0.05) is 11.1 Å². The van der Waals surface area contributed by atoms with E-state index in [0.717, 1.165) is 0 Å². The van der Waals surface area contributed by atoms with E-state index >= 15 is 0 Å². The lowest BCUT2D eigenvalue weighted by Gasteiger charge is -2.17. The molecule has 0 saturated heterocycles. The summed E-state index contributed by atoms with van der Waals surface area (Å²) >= 11 is 0. The van der Waals surface area contributed by atoms with E-state index in [4.69, 9.17) is 18.6 Å². The molecule has 136 valence electrons. The minimum absolute atomic E-state index is 0.0380. The Balaban J connectivity index is 2.50. The fourth-order valence-electron chi connectivity index (χ4n) is 3.25. The SMILES string of the molecule is COc1ccccc1-c1oc2c(C)c(OC)c(C)c(OC)c2c(=O)c1O. The predicted molar refractivity (Wildman–Crippen MR) is 98.7 cm³/mol. The van der Waals surface area contributed by atoms with E-state index in [0.29, 0.717) is 39.5 Å². The van der Waals surface area contributed by atoms with E-state index in [2.05, 4.69) is 0 Å². The summed E-state index contributed by atoms with van der Waals surface area (Å²) in [5.74, 6) is 0.904. The number of ether oxygens (including phenoxy) is 3. The van der Waals surface area contributed by atoms with Crippen molar-refractivity contribution in [2.45, 2.75) is 13.8 Å². The number of aryl methyl sites for hydroxylation is 1. The maximum atomic E-state index is 12.9. The van der Waals surface area contributed by atoms with Gasteiger partial charge in [-0.05, 0) is 26.0 Å². The van der Waals surface area contributed by atoms with Gasteiger partial charge in [0.05, 0.1) is 26.9 Å². The summed E-state index contributed by atoms with van der Waals surface area (Å²) < 4.78 is 22.2. The third kappa shape index (κ3) is 2.45. The number of fused-ring (bicyclic) bond motifs is 1. The summed E-state index contributed by atoms with van der Waals surface area (Å²) in [6.07, 6.45) is 0. The Kier molecular flexibility index (Phi) is 4.50. The Morgan fingerprint density at radius 2 is 1.58 bits per heavy atom. The van der Waals surface area contributed by atoms with Crippen molar-refractivity contribution in [3.63, 3.8) is 0 Å². The summed E-state index contributed by atoms with van der Waals surface area (Å²) in [6.45, 7) is 3.58. The van der Waals surface area contributed by atoms with E-state index in [1.54, 1.807) is 45.2 Å². The van der Waals surface area contributed by atoms with Crippen LogP contribution in [0.3, 0.4) is 0 Å². The third-order valence-electron chi connectivity index (χ3n) is 4.44. The molecule has 1 aromatic heterocycles. The minimum Gasteiger partial charge on any atom is -0.502 e. The highest BCUT2D eigenvalue weighted by molar-refractivity contribution is 5.93. The largest absolute Gasteiger partial charge is 0.502 e. The van der Waals surface area contributed by atoms with Crippen molar-refractivity contribution in [1.82, 2.24) is 0 Å². The number of hydrogen-bond acceptors (Lipinski definition) is 6. The first-order valence-electron chi connectivity index (χ1n) is 8.00. The van der Waals surface area contributed by atoms with E-state index < -0.39 is 11.2 Å². The standard InChI is InChI=1S/C20H20O6/c1-10-17(24-4)11(2)19-14(18(10)25-5)15(21)16(22)20(26-19)12-8-6-7-9-13(12)23-3/h6-9,22H,1-5H3. The Hall–Kier alpha value is -3.15. The molecular weight excluding hydrogens is 336 g/mol. The molecule has 1 N–H and O–H groups in total. The summed E-state index contributed by atoms with van der Waals surface area (Å²) in [6, 6.07) is 6.99. The van der Waals surface area contributed by atoms with E-state index in [-0.39, 0.29) is 11.1 Å². The van der Waals surface area contributed by atoms with Crippen LogP contribution in [0.15, 0.2) is 33.5 Å². The lowest BCUT2D eigenvalue weighted by Crippen LogP contribution is -2.08. The first-order valence-corrected chi connectivity index (χ1v) is 8.00. The Morgan fingerprint density at radius 1 is 0.923 bits per heavy atom. The van der Waals surface area contributed by atoms with Crippen LogP contribution in [0.2, 0.25) is 0 Å². The Morgan fingerprint density at radius 3 is 2.19 bits per heavy atom. The first kappa shape index (κ1) is 17.7. The average molecular weight is 356 g/mol. The van der Waals surface area contributed by atoms with Crippen molar-refractivity contribution in [3.05, 3.63) is 45.6 Å². The molecule has 3 rings (SSSR count). The second-order valence-corrected chi connectivity index (χ2v) is 5.83. The monoisotopic (exact) mass is 356 g/mol.